The van der Waals surface area contributed by atoms with E-state index in [1.165, 1.54) is 0 Å². The zero-order valence-electron chi connectivity index (χ0n) is 9.32. The molecule has 3 nitrogen and oxygen atoms in total. The second kappa shape index (κ2) is 4.52. The summed E-state index contributed by atoms with van der Waals surface area (Å²) in [6, 6.07) is 0. The van der Waals surface area contributed by atoms with Gasteiger partial charge in [0.2, 0.25) is 0 Å². The van der Waals surface area contributed by atoms with Crippen molar-refractivity contribution < 1.29 is 14.6 Å². The van der Waals surface area contributed by atoms with Gasteiger partial charge in [0.25, 0.3) is 0 Å². The van der Waals surface area contributed by atoms with Crippen molar-refractivity contribution >= 4 is 5.97 Å². The van der Waals surface area contributed by atoms with Crippen LogP contribution in [0, 0.1) is 11.8 Å². The van der Waals surface area contributed by atoms with Gasteiger partial charge in [-0.3, -0.25) is 4.79 Å². The normalized spacial score (nSPS) is 42.4. The van der Waals surface area contributed by atoms with Crippen molar-refractivity contribution in [2.24, 2.45) is 11.8 Å². The lowest BCUT2D eigenvalue weighted by Crippen LogP contribution is -2.36. The van der Waals surface area contributed by atoms with E-state index in [2.05, 4.69) is 0 Å². The van der Waals surface area contributed by atoms with Crippen molar-refractivity contribution in [3.8, 4) is 0 Å². The van der Waals surface area contributed by atoms with Crippen LogP contribution in [0.2, 0.25) is 0 Å². The highest BCUT2D eigenvalue weighted by Crippen LogP contribution is 2.36. The maximum absolute atomic E-state index is 11.7. The zero-order chi connectivity index (χ0) is 10.8. The van der Waals surface area contributed by atoms with Gasteiger partial charge in [0.05, 0.1) is 18.1 Å². The maximum atomic E-state index is 11.7. The van der Waals surface area contributed by atoms with Crippen molar-refractivity contribution in [3.05, 3.63) is 0 Å². The lowest BCUT2D eigenvalue weighted by Gasteiger charge is -2.34. The molecule has 1 aliphatic heterocycles. The van der Waals surface area contributed by atoms with Gasteiger partial charge in [-0.15, -0.1) is 0 Å². The molecule has 15 heavy (non-hydrogen) atoms. The minimum atomic E-state index is -0.139. The summed E-state index contributed by atoms with van der Waals surface area (Å²) in [6.45, 7) is 1.96. The van der Waals surface area contributed by atoms with Crippen LogP contribution in [-0.2, 0) is 9.53 Å². The van der Waals surface area contributed by atoms with Crippen LogP contribution in [0.3, 0.4) is 0 Å². The number of rotatable bonds is 1. The predicted molar refractivity (Wildman–Crippen MR) is 56.2 cm³/mol. The van der Waals surface area contributed by atoms with Crippen LogP contribution in [0.4, 0.5) is 0 Å². The Morgan fingerprint density at radius 1 is 1.13 bits per heavy atom. The summed E-state index contributed by atoms with van der Waals surface area (Å²) in [7, 11) is 0. The molecule has 0 aromatic rings. The molecule has 1 aliphatic carbocycles. The first-order valence-corrected chi connectivity index (χ1v) is 6.05. The number of hydrogen-bond acceptors (Lipinski definition) is 3. The SMILES string of the molecule is CC1CCC(C2CCC(O)CC2)C(=O)O1. The number of carbonyl (C=O) groups excluding carboxylic acids is 1. The Kier molecular flexibility index (Phi) is 3.29. The van der Waals surface area contributed by atoms with Gasteiger partial charge in [0, 0.05) is 0 Å². The molecular weight excluding hydrogens is 192 g/mol. The summed E-state index contributed by atoms with van der Waals surface area (Å²) in [6.07, 6.45) is 5.59. The van der Waals surface area contributed by atoms with Gasteiger partial charge in [0.15, 0.2) is 0 Å². The van der Waals surface area contributed by atoms with Gasteiger partial charge >= 0.3 is 5.97 Å². The van der Waals surface area contributed by atoms with E-state index in [4.69, 9.17) is 4.74 Å². The molecule has 1 N–H and O–H groups in total. The number of aliphatic hydroxyl groups excluding tert-OH is 1. The molecule has 0 radical (unpaired) electrons. The van der Waals surface area contributed by atoms with E-state index < -0.39 is 0 Å². The summed E-state index contributed by atoms with van der Waals surface area (Å²) < 4.78 is 5.28. The van der Waals surface area contributed by atoms with E-state index >= 15 is 0 Å². The number of esters is 1. The molecule has 0 aromatic carbocycles. The van der Waals surface area contributed by atoms with E-state index in [1.807, 2.05) is 6.92 Å². The van der Waals surface area contributed by atoms with Gasteiger partial charge in [-0.25, -0.2) is 0 Å². The third-order valence-corrected chi connectivity index (χ3v) is 3.81. The summed E-state index contributed by atoms with van der Waals surface area (Å²) >= 11 is 0. The number of hydrogen-bond donors (Lipinski definition) is 1. The van der Waals surface area contributed by atoms with Crippen molar-refractivity contribution in [3.63, 3.8) is 0 Å². The van der Waals surface area contributed by atoms with E-state index in [0.29, 0.717) is 5.92 Å². The fourth-order valence-corrected chi connectivity index (χ4v) is 2.81. The van der Waals surface area contributed by atoms with Crippen LogP contribution in [0.1, 0.15) is 45.4 Å². The topological polar surface area (TPSA) is 46.5 Å². The molecule has 1 heterocycles. The number of aliphatic hydroxyl groups is 1. The lowest BCUT2D eigenvalue weighted by atomic mass is 9.76. The highest BCUT2D eigenvalue weighted by molar-refractivity contribution is 5.73. The number of carbonyl (C=O) groups is 1. The molecule has 2 fully saturated rings. The quantitative estimate of drug-likeness (QED) is 0.675. The molecule has 0 bridgehead atoms. The lowest BCUT2D eigenvalue weighted by molar-refractivity contribution is -0.162. The van der Waals surface area contributed by atoms with Crippen LogP contribution in [0.25, 0.3) is 0 Å². The molecule has 2 aliphatic rings. The van der Waals surface area contributed by atoms with E-state index in [9.17, 15) is 9.90 Å². The Labute approximate surface area is 90.8 Å². The first-order chi connectivity index (χ1) is 7.16. The van der Waals surface area contributed by atoms with Crippen LogP contribution in [0.15, 0.2) is 0 Å². The Morgan fingerprint density at radius 3 is 2.40 bits per heavy atom. The molecule has 2 unspecified atom stereocenters. The molecule has 2 atom stereocenters. The maximum Gasteiger partial charge on any atom is 0.309 e. The minimum absolute atomic E-state index is 0.00450. The zero-order valence-corrected chi connectivity index (χ0v) is 9.32. The number of ether oxygens (including phenoxy) is 1. The monoisotopic (exact) mass is 212 g/mol. The smallest absolute Gasteiger partial charge is 0.309 e. The van der Waals surface area contributed by atoms with Gasteiger partial charge in [-0.2, -0.15) is 0 Å². The van der Waals surface area contributed by atoms with Crippen LogP contribution in [0.5, 0.6) is 0 Å². The standard InChI is InChI=1S/C12H20O3/c1-8-2-7-11(12(14)15-8)9-3-5-10(13)6-4-9/h8-11,13H,2-7H2,1H3. The minimum Gasteiger partial charge on any atom is -0.462 e. The Bertz CT molecular complexity index is 231. The van der Waals surface area contributed by atoms with Crippen molar-refractivity contribution in [2.45, 2.75) is 57.7 Å². The van der Waals surface area contributed by atoms with E-state index in [1.54, 1.807) is 0 Å². The average molecular weight is 212 g/mol. The Morgan fingerprint density at radius 2 is 1.80 bits per heavy atom. The number of cyclic esters (lactones) is 1. The van der Waals surface area contributed by atoms with Crippen LogP contribution >= 0.6 is 0 Å². The predicted octanol–water partition coefficient (Wildman–Crippen LogP) is 1.88. The highest BCUT2D eigenvalue weighted by Gasteiger charge is 2.35. The van der Waals surface area contributed by atoms with Crippen LogP contribution < -0.4 is 0 Å². The van der Waals surface area contributed by atoms with Crippen LogP contribution in [-0.4, -0.2) is 23.3 Å². The Hall–Kier alpha value is -0.570. The largest absolute Gasteiger partial charge is 0.462 e. The van der Waals surface area contributed by atoms with E-state index in [-0.39, 0.29) is 24.1 Å². The summed E-state index contributed by atoms with van der Waals surface area (Å²) in [5.74, 6) is 0.553. The second-order valence-corrected chi connectivity index (χ2v) is 5.00. The van der Waals surface area contributed by atoms with Crippen molar-refractivity contribution in [1.82, 2.24) is 0 Å². The molecule has 1 saturated heterocycles. The summed E-state index contributed by atoms with van der Waals surface area (Å²) in [4.78, 5) is 11.7. The molecule has 0 spiro atoms. The first-order valence-electron chi connectivity index (χ1n) is 6.05. The third kappa shape index (κ3) is 2.51. The third-order valence-electron chi connectivity index (χ3n) is 3.81. The first kappa shape index (κ1) is 10.9. The molecule has 0 aromatic heterocycles. The van der Waals surface area contributed by atoms with Gasteiger partial charge in [0.1, 0.15) is 0 Å². The van der Waals surface area contributed by atoms with Gasteiger partial charge in [-0.05, 0) is 51.4 Å². The van der Waals surface area contributed by atoms with Gasteiger partial charge < -0.3 is 9.84 Å². The fraction of sp³-hybridized carbons (Fsp3) is 0.917. The summed E-state index contributed by atoms with van der Waals surface area (Å²) in [5.41, 5.74) is 0. The molecule has 1 saturated carbocycles. The molecule has 86 valence electrons. The Balaban J connectivity index is 1.90. The van der Waals surface area contributed by atoms with Gasteiger partial charge in [-0.1, -0.05) is 0 Å². The summed E-state index contributed by atoms with van der Waals surface area (Å²) in [5, 5.41) is 9.42. The van der Waals surface area contributed by atoms with E-state index in [0.717, 1.165) is 38.5 Å². The van der Waals surface area contributed by atoms with Crippen molar-refractivity contribution in [1.29, 1.82) is 0 Å². The van der Waals surface area contributed by atoms with Crippen molar-refractivity contribution in [2.75, 3.05) is 0 Å². The molecular formula is C12H20O3. The fourth-order valence-electron chi connectivity index (χ4n) is 2.81. The molecule has 3 heteroatoms. The average Bonchev–Trinajstić information content (AvgIpc) is 2.20. The molecule has 2 rings (SSSR count). The molecule has 0 amide bonds. The highest BCUT2D eigenvalue weighted by atomic mass is 16.5. The second-order valence-electron chi connectivity index (χ2n) is 5.00.